The third kappa shape index (κ3) is 3.74. The van der Waals surface area contributed by atoms with Gasteiger partial charge in [0, 0.05) is 18.0 Å². The molecule has 1 N–H and O–H groups in total. The van der Waals surface area contributed by atoms with Crippen LogP contribution in [0.2, 0.25) is 0 Å². The van der Waals surface area contributed by atoms with Crippen molar-refractivity contribution in [2.45, 2.75) is 57.3 Å². The standard InChI is InChI=1S/C27H28N4O5/c1-26(2,3)36-25(34)30-14-27(35,15-30)21-10-17(16-8-9-16)11-29-12-18(28-22(21)29)13-31-23(32)19-6-4-5-7-20(19)24(31)33/h4-7,10-12,16,35H,8-9,13-15H2,1-3H3. The summed E-state index contributed by atoms with van der Waals surface area (Å²) in [7, 11) is 0. The maximum Gasteiger partial charge on any atom is 0.410 e. The summed E-state index contributed by atoms with van der Waals surface area (Å²) in [6, 6.07) is 8.77. The molecular weight excluding hydrogens is 460 g/mol. The van der Waals surface area contributed by atoms with Gasteiger partial charge in [-0.25, -0.2) is 9.78 Å². The van der Waals surface area contributed by atoms with Crippen molar-refractivity contribution in [2.24, 2.45) is 0 Å². The number of β-amino-alcohol motifs (C(OH)–C–C–N with tert-alkyl or cyclic N) is 1. The summed E-state index contributed by atoms with van der Waals surface area (Å²) in [6.07, 6.45) is 5.52. The minimum absolute atomic E-state index is 0.0364. The van der Waals surface area contributed by atoms with Crippen LogP contribution in [0.3, 0.4) is 0 Å². The lowest BCUT2D eigenvalue weighted by Gasteiger charge is -2.46. The lowest BCUT2D eigenvalue weighted by Crippen LogP contribution is -2.62. The van der Waals surface area contributed by atoms with Gasteiger partial charge in [0.05, 0.1) is 36.5 Å². The van der Waals surface area contributed by atoms with Crippen LogP contribution in [0.4, 0.5) is 4.79 Å². The molecule has 2 aromatic heterocycles. The van der Waals surface area contributed by atoms with Crippen LogP contribution in [-0.4, -0.2) is 60.9 Å². The zero-order chi connectivity index (χ0) is 25.4. The van der Waals surface area contributed by atoms with Gasteiger partial charge in [-0.05, 0) is 63.3 Å². The van der Waals surface area contributed by atoms with Gasteiger partial charge in [0.15, 0.2) is 0 Å². The van der Waals surface area contributed by atoms with Crippen molar-refractivity contribution in [3.63, 3.8) is 0 Å². The summed E-state index contributed by atoms with van der Waals surface area (Å²) in [6.45, 7) is 5.66. The van der Waals surface area contributed by atoms with Crippen molar-refractivity contribution in [3.05, 3.63) is 70.7 Å². The lowest BCUT2D eigenvalue weighted by molar-refractivity contribution is -0.103. The largest absolute Gasteiger partial charge is 0.444 e. The normalized spacial score (nSPS) is 19.0. The molecule has 0 spiro atoms. The van der Waals surface area contributed by atoms with Crippen LogP contribution >= 0.6 is 0 Å². The van der Waals surface area contributed by atoms with E-state index in [0.717, 1.165) is 18.4 Å². The van der Waals surface area contributed by atoms with E-state index in [2.05, 4.69) is 0 Å². The van der Waals surface area contributed by atoms with Gasteiger partial charge in [0.1, 0.15) is 16.8 Å². The number of pyridine rings is 1. The van der Waals surface area contributed by atoms with Crippen molar-refractivity contribution in [2.75, 3.05) is 13.1 Å². The van der Waals surface area contributed by atoms with E-state index in [-0.39, 0.29) is 31.4 Å². The minimum atomic E-state index is -1.26. The number of hydrogen-bond acceptors (Lipinski definition) is 6. The summed E-state index contributed by atoms with van der Waals surface area (Å²) < 4.78 is 7.31. The predicted molar refractivity (Wildman–Crippen MR) is 130 cm³/mol. The number of aromatic nitrogens is 2. The monoisotopic (exact) mass is 488 g/mol. The van der Waals surface area contributed by atoms with Gasteiger partial charge in [-0.3, -0.25) is 14.5 Å². The highest BCUT2D eigenvalue weighted by Gasteiger charge is 2.48. The Kier molecular flexibility index (Phi) is 4.82. The van der Waals surface area contributed by atoms with Crippen molar-refractivity contribution in [1.82, 2.24) is 19.2 Å². The van der Waals surface area contributed by atoms with E-state index in [9.17, 15) is 19.5 Å². The molecule has 36 heavy (non-hydrogen) atoms. The smallest absolute Gasteiger partial charge is 0.410 e. The van der Waals surface area contributed by atoms with Gasteiger partial charge in [-0.15, -0.1) is 0 Å². The molecule has 0 bridgehead atoms. The molecule has 3 amide bonds. The number of hydrogen-bond donors (Lipinski definition) is 1. The van der Waals surface area contributed by atoms with Crippen molar-refractivity contribution in [1.29, 1.82) is 0 Å². The molecule has 3 aliphatic rings. The molecule has 9 heteroatoms. The highest BCUT2D eigenvalue weighted by Crippen LogP contribution is 2.43. The molecule has 1 saturated heterocycles. The molecule has 0 atom stereocenters. The molecule has 4 heterocycles. The topological polar surface area (TPSA) is 104 Å². The molecule has 0 unspecified atom stereocenters. The van der Waals surface area contributed by atoms with Crippen molar-refractivity contribution in [3.8, 4) is 0 Å². The Morgan fingerprint density at radius 2 is 1.75 bits per heavy atom. The number of benzene rings is 1. The summed E-state index contributed by atoms with van der Waals surface area (Å²) in [5, 5.41) is 11.5. The third-order valence-electron chi connectivity index (χ3n) is 6.93. The fourth-order valence-electron chi connectivity index (χ4n) is 4.99. The van der Waals surface area contributed by atoms with Crippen molar-refractivity contribution < 1.29 is 24.2 Å². The highest BCUT2D eigenvalue weighted by atomic mass is 16.6. The first kappa shape index (κ1) is 22.7. The van der Waals surface area contributed by atoms with E-state index in [4.69, 9.17) is 9.72 Å². The third-order valence-corrected chi connectivity index (χ3v) is 6.93. The molecule has 1 saturated carbocycles. The first-order chi connectivity index (χ1) is 17.0. The van der Waals surface area contributed by atoms with Crippen LogP contribution in [0.1, 0.15) is 77.1 Å². The van der Waals surface area contributed by atoms with E-state index in [1.165, 1.54) is 9.80 Å². The minimum Gasteiger partial charge on any atom is -0.444 e. The van der Waals surface area contributed by atoms with Gasteiger partial charge >= 0.3 is 6.09 Å². The molecular formula is C27H28N4O5. The molecule has 0 radical (unpaired) electrons. The number of carbonyl (C=O) groups is 3. The van der Waals surface area contributed by atoms with Gasteiger partial charge < -0.3 is 19.1 Å². The average molecular weight is 489 g/mol. The van der Waals surface area contributed by atoms with Crippen LogP contribution in [0.5, 0.6) is 0 Å². The zero-order valence-corrected chi connectivity index (χ0v) is 20.5. The Morgan fingerprint density at radius 3 is 2.33 bits per heavy atom. The zero-order valence-electron chi connectivity index (χ0n) is 20.5. The predicted octanol–water partition coefficient (Wildman–Crippen LogP) is 3.45. The van der Waals surface area contributed by atoms with E-state index < -0.39 is 17.3 Å². The fourth-order valence-corrected chi connectivity index (χ4v) is 4.99. The first-order valence-corrected chi connectivity index (χ1v) is 12.2. The number of imidazole rings is 1. The molecule has 1 aromatic carbocycles. The number of nitrogens with zero attached hydrogens (tertiary/aromatic N) is 4. The lowest BCUT2D eigenvalue weighted by atomic mass is 9.86. The van der Waals surface area contributed by atoms with Crippen LogP contribution in [0, 0.1) is 0 Å². The second-order valence-electron chi connectivity index (χ2n) is 11.0. The van der Waals surface area contributed by atoms with Crippen LogP contribution < -0.4 is 0 Å². The van der Waals surface area contributed by atoms with Crippen LogP contribution in [0.25, 0.3) is 5.65 Å². The summed E-state index contributed by atoms with van der Waals surface area (Å²) in [4.78, 5) is 45.6. The van der Waals surface area contributed by atoms with Gasteiger partial charge in [-0.1, -0.05) is 12.1 Å². The Bertz CT molecular complexity index is 1390. The van der Waals surface area contributed by atoms with Crippen LogP contribution in [-0.2, 0) is 16.9 Å². The molecule has 6 rings (SSSR count). The Hall–Kier alpha value is -3.72. The van der Waals surface area contributed by atoms with E-state index in [1.807, 2.05) is 22.9 Å². The number of likely N-dealkylation sites (tertiary alicyclic amines) is 1. The number of ether oxygens (including phenoxy) is 1. The SMILES string of the molecule is CC(C)(C)OC(=O)N1CC(O)(c2cc(C3CC3)cn3cc(CN4C(=O)c5ccccc5C4=O)nc23)C1. The Morgan fingerprint density at radius 1 is 1.11 bits per heavy atom. The summed E-state index contributed by atoms with van der Waals surface area (Å²) in [5.41, 5.74) is 1.75. The van der Waals surface area contributed by atoms with Crippen LogP contribution in [0.15, 0.2) is 42.7 Å². The molecule has 2 fully saturated rings. The maximum absolute atomic E-state index is 12.8. The van der Waals surface area contributed by atoms with Crippen molar-refractivity contribution >= 4 is 23.6 Å². The van der Waals surface area contributed by atoms with Gasteiger partial charge in [0.2, 0.25) is 0 Å². The molecule has 186 valence electrons. The number of fused-ring (bicyclic) bond motifs is 2. The molecule has 2 aliphatic heterocycles. The first-order valence-electron chi connectivity index (χ1n) is 12.2. The maximum atomic E-state index is 12.8. The number of amides is 3. The number of carbonyl (C=O) groups excluding carboxylic acids is 3. The van der Waals surface area contributed by atoms with Gasteiger partial charge in [0.25, 0.3) is 11.8 Å². The average Bonchev–Trinajstić information content (AvgIpc) is 3.52. The number of imide groups is 1. The second-order valence-corrected chi connectivity index (χ2v) is 11.0. The second kappa shape index (κ2) is 7.64. The molecule has 3 aromatic rings. The highest BCUT2D eigenvalue weighted by molar-refractivity contribution is 6.21. The number of rotatable bonds is 4. The van der Waals surface area contributed by atoms with E-state index in [1.54, 1.807) is 45.0 Å². The fraction of sp³-hybridized carbons (Fsp3) is 0.407. The van der Waals surface area contributed by atoms with E-state index >= 15 is 0 Å². The van der Waals surface area contributed by atoms with Gasteiger partial charge in [-0.2, -0.15) is 0 Å². The summed E-state index contributed by atoms with van der Waals surface area (Å²) in [5.74, 6) is -0.241. The summed E-state index contributed by atoms with van der Waals surface area (Å²) >= 11 is 0. The molecule has 9 nitrogen and oxygen atoms in total. The Labute approximate surface area is 208 Å². The Balaban J connectivity index is 1.30. The molecule has 1 aliphatic carbocycles. The van der Waals surface area contributed by atoms with E-state index in [0.29, 0.717) is 33.9 Å². The number of aliphatic hydroxyl groups is 1. The quantitative estimate of drug-likeness (QED) is 0.564.